The number of carbonyl (C=O) groups is 2. The number of amides is 1. The summed E-state index contributed by atoms with van der Waals surface area (Å²) in [5, 5.41) is 3.93. The van der Waals surface area contributed by atoms with E-state index in [2.05, 4.69) is 5.16 Å². The van der Waals surface area contributed by atoms with Gasteiger partial charge in [-0.15, -0.1) is 0 Å². The van der Waals surface area contributed by atoms with Gasteiger partial charge in [0.15, 0.2) is 5.69 Å². The molecule has 1 amide bonds. The third kappa shape index (κ3) is 3.82. The number of methoxy groups -OCH3 is 1. The highest BCUT2D eigenvalue weighted by molar-refractivity contribution is 5.96. The molecule has 7 heteroatoms. The van der Waals surface area contributed by atoms with E-state index in [0.717, 1.165) is 23.3 Å². The van der Waals surface area contributed by atoms with Crippen molar-refractivity contribution in [3.8, 4) is 5.75 Å². The summed E-state index contributed by atoms with van der Waals surface area (Å²) in [4.78, 5) is 26.4. The van der Waals surface area contributed by atoms with Gasteiger partial charge in [-0.2, -0.15) is 0 Å². The van der Waals surface area contributed by atoms with Crippen molar-refractivity contribution < 1.29 is 23.6 Å². The number of aromatic nitrogens is 1. The summed E-state index contributed by atoms with van der Waals surface area (Å²) in [6.07, 6.45) is 1.33. The molecular weight excluding hydrogens is 348 g/mol. The van der Waals surface area contributed by atoms with Crippen LogP contribution in [0.4, 0.5) is 0 Å². The number of esters is 1. The monoisotopic (exact) mass is 372 g/mol. The zero-order chi connectivity index (χ0) is 19.6. The maximum absolute atomic E-state index is 13.0. The van der Waals surface area contributed by atoms with Gasteiger partial charge in [0, 0.05) is 6.54 Å². The van der Waals surface area contributed by atoms with Crippen LogP contribution in [0.25, 0.3) is 0 Å². The molecule has 0 saturated carbocycles. The van der Waals surface area contributed by atoms with E-state index < -0.39 is 12.0 Å². The van der Waals surface area contributed by atoms with Gasteiger partial charge in [-0.05, 0) is 45.2 Å². The van der Waals surface area contributed by atoms with E-state index in [1.54, 1.807) is 6.92 Å². The summed E-state index contributed by atoms with van der Waals surface area (Å²) in [5.41, 5.74) is 2.95. The van der Waals surface area contributed by atoms with Crippen molar-refractivity contribution in [2.45, 2.75) is 46.3 Å². The maximum Gasteiger partial charge on any atom is 0.328 e. The molecule has 0 bridgehead atoms. The van der Waals surface area contributed by atoms with Crippen LogP contribution in [0.2, 0.25) is 0 Å². The summed E-state index contributed by atoms with van der Waals surface area (Å²) in [5.74, 6) is 0.526. The molecule has 0 spiro atoms. The molecule has 1 fully saturated rings. The molecule has 2 aromatic rings. The van der Waals surface area contributed by atoms with Crippen LogP contribution in [0, 0.1) is 20.8 Å². The zero-order valence-electron chi connectivity index (χ0n) is 16.1. The van der Waals surface area contributed by atoms with Crippen molar-refractivity contribution >= 4 is 11.9 Å². The van der Waals surface area contributed by atoms with Crippen LogP contribution < -0.4 is 4.74 Å². The molecule has 7 nitrogen and oxygen atoms in total. The predicted molar refractivity (Wildman–Crippen MR) is 97.6 cm³/mol. The number of likely N-dealkylation sites (tertiary alicyclic amines) is 1. The molecule has 1 unspecified atom stereocenters. The van der Waals surface area contributed by atoms with Crippen LogP contribution in [0.15, 0.2) is 22.7 Å². The zero-order valence-corrected chi connectivity index (χ0v) is 16.1. The first-order valence-corrected chi connectivity index (χ1v) is 8.96. The third-order valence-corrected chi connectivity index (χ3v) is 4.88. The second kappa shape index (κ2) is 7.82. The van der Waals surface area contributed by atoms with E-state index in [4.69, 9.17) is 14.0 Å². The topological polar surface area (TPSA) is 81.9 Å². The summed E-state index contributed by atoms with van der Waals surface area (Å²) in [7, 11) is 1.33. The molecule has 1 saturated heterocycles. The quantitative estimate of drug-likeness (QED) is 0.751. The number of nitrogens with zero attached hydrogens (tertiary/aromatic N) is 2. The van der Waals surface area contributed by atoms with Crippen LogP contribution >= 0.6 is 0 Å². The molecule has 1 aliphatic heterocycles. The molecule has 27 heavy (non-hydrogen) atoms. The molecular formula is C20H24N2O5. The Balaban J connectivity index is 1.80. The van der Waals surface area contributed by atoms with Gasteiger partial charge < -0.3 is 18.9 Å². The van der Waals surface area contributed by atoms with Crippen LogP contribution in [0.5, 0.6) is 5.75 Å². The Kier molecular flexibility index (Phi) is 5.48. The molecule has 3 rings (SSSR count). The van der Waals surface area contributed by atoms with Crippen molar-refractivity contribution in [1.29, 1.82) is 0 Å². The Morgan fingerprint density at radius 3 is 2.78 bits per heavy atom. The fourth-order valence-electron chi connectivity index (χ4n) is 3.37. The largest absolute Gasteiger partial charge is 0.488 e. The van der Waals surface area contributed by atoms with Crippen LogP contribution in [-0.2, 0) is 16.1 Å². The second-order valence-electron chi connectivity index (χ2n) is 6.80. The molecule has 1 atom stereocenters. The van der Waals surface area contributed by atoms with Gasteiger partial charge in [0.05, 0.1) is 12.7 Å². The molecule has 0 N–H and O–H groups in total. The average Bonchev–Trinajstić information content (AvgIpc) is 3.27. The van der Waals surface area contributed by atoms with E-state index in [1.165, 1.54) is 12.0 Å². The van der Waals surface area contributed by atoms with Crippen LogP contribution in [-0.4, -0.2) is 41.6 Å². The summed E-state index contributed by atoms with van der Waals surface area (Å²) < 4.78 is 16.0. The van der Waals surface area contributed by atoms with Crippen molar-refractivity contribution in [2.24, 2.45) is 0 Å². The number of hydrogen-bond donors (Lipinski definition) is 0. The number of benzene rings is 1. The number of carbonyl (C=O) groups excluding carboxylic acids is 2. The van der Waals surface area contributed by atoms with E-state index in [0.29, 0.717) is 24.3 Å². The first kappa shape index (κ1) is 18.9. The number of aryl methyl sites for hydroxylation is 3. The van der Waals surface area contributed by atoms with Crippen LogP contribution in [0.1, 0.15) is 45.8 Å². The normalized spacial score (nSPS) is 16.4. The molecule has 144 valence electrons. The minimum atomic E-state index is -0.576. The summed E-state index contributed by atoms with van der Waals surface area (Å²) in [6, 6.07) is 5.34. The molecule has 2 heterocycles. The number of ether oxygens (including phenoxy) is 2. The Labute approximate surface area is 158 Å². The average molecular weight is 372 g/mol. The van der Waals surface area contributed by atoms with Crippen molar-refractivity contribution in [1.82, 2.24) is 10.1 Å². The van der Waals surface area contributed by atoms with Crippen molar-refractivity contribution in [2.75, 3.05) is 13.7 Å². The highest BCUT2D eigenvalue weighted by Gasteiger charge is 2.37. The van der Waals surface area contributed by atoms with Gasteiger partial charge in [-0.3, -0.25) is 4.79 Å². The Morgan fingerprint density at radius 2 is 2.07 bits per heavy atom. The fraction of sp³-hybridized carbons (Fsp3) is 0.450. The molecule has 0 aliphatic carbocycles. The third-order valence-electron chi connectivity index (χ3n) is 4.88. The first-order valence-electron chi connectivity index (χ1n) is 8.96. The van der Waals surface area contributed by atoms with Gasteiger partial charge in [-0.1, -0.05) is 22.9 Å². The van der Waals surface area contributed by atoms with E-state index in [1.807, 2.05) is 32.0 Å². The van der Waals surface area contributed by atoms with Gasteiger partial charge in [0.25, 0.3) is 5.91 Å². The lowest BCUT2D eigenvalue weighted by Crippen LogP contribution is -2.41. The number of hydrogen-bond acceptors (Lipinski definition) is 6. The SMILES string of the molecule is COC(=O)C1CCCN1C(=O)c1noc(C)c1COc1ccc(C)cc1C. The Bertz CT molecular complexity index is 858. The van der Waals surface area contributed by atoms with Crippen molar-refractivity contribution in [3.63, 3.8) is 0 Å². The first-order chi connectivity index (χ1) is 12.9. The van der Waals surface area contributed by atoms with E-state index >= 15 is 0 Å². The molecule has 1 aliphatic rings. The van der Waals surface area contributed by atoms with Crippen molar-refractivity contribution in [3.05, 3.63) is 46.3 Å². The molecule has 0 radical (unpaired) electrons. The number of rotatable bonds is 5. The molecule has 1 aromatic carbocycles. The highest BCUT2D eigenvalue weighted by Crippen LogP contribution is 2.25. The lowest BCUT2D eigenvalue weighted by Gasteiger charge is -2.22. The lowest BCUT2D eigenvalue weighted by molar-refractivity contribution is -0.145. The molecule has 1 aromatic heterocycles. The van der Waals surface area contributed by atoms with Gasteiger partial charge in [0.2, 0.25) is 0 Å². The minimum Gasteiger partial charge on any atom is -0.488 e. The maximum atomic E-state index is 13.0. The lowest BCUT2D eigenvalue weighted by atomic mass is 10.1. The van der Waals surface area contributed by atoms with E-state index in [9.17, 15) is 9.59 Å². The minimum absolute atomic E-state index is 0.164. The smallest absolute Gasteiger partial charge is 0.328 e. The van der Waals surface area contributed by atoms with Gasteiger partial charge in [0.1, 0.15) is 24.2 Å². The summed E-state index contributed by atoms with van der Waals surface area (Å²) >= 11 is 0. The Morgan fingerprint density at radius 1 is 1.30 bits per heavy atom. The summed E-state index contributed by atoms with van der Waals surface area (Å²) in [6.45, 7) is 6.39. The second-order valence-corrected chi connectivity index (χ2v) is 6.80. The van der Waals surface area contributed by atoms with Crippen LogP contribution in [0.3, 0.4) is 0 Å². The van der Waals surface area contributed by atoms with E-state index in [-0.39, 0.29) is 18.2 Å². The Hall–Kier alpha value is -2.83. The van der Waals surface area contributed by atoms with Gasteiger partial charge >= 0.3 is 5.97 Å². The highest BCUT2D eigenvalue weighted by atomic mass is 16.5. The van der Waals surface area contributed by atoms with Gasteiger partial charge in [-0.25, -0.2) is 4.79 Å². The predicted octanol–water partition coefficient (Wildman–Crippen LogP) is 2.96. The standard InChI is InChI=1S/C20H24N2O5/c1-12-7-8-17(13(2)10-12)26-11-15-14(3)27-21-18(15)19(23)22-9-5-6-16(22)20(24)25-4/h7-8,10,16H,5-6,9,11H2,1-4H3. The fourth-order valence-corrected chi connectivity index (χ4v) is 3.37.